The third-order valence-corrected chi connectivity index (χ3v) is 4.36. The van der Waals surface area contributed by atoms with Crippen LogP contribution >= 0.6 is 0 Å². The first kappa shape index (κ1) is 17.0. The molecule has 2 aromatic rings. The maximum absolute atomic E-state index is 14.0. The van der Waals surface area contributed by atoms with E-state index in [0.717, 1.165) is 5.56 Å². The largest absolute Gasteiger partial charge is 0.422 e. The van der Waals surface area contributed by atoms with Crippen LogP contribution in [0.25, 0.3) is 0 Å². The molecule has 1 aliphatic rings. The van der Waals surface area contributed by atoms with E-state index in [0.29, 0.717) is 19.5 Å². The van der Waals surface area contributed by atoms with Gasteiger partial charge in [-0.3, -0.25) is 4.90 Å². The van der Waals surface area contributed by atoms with E-state index < -0.39 is 11.8 Å². The van der Waals surface area contributed by atoms with Crippen LogP contribution in [0.3, 0.4) is 0 Å². The maximum atomic E-state index is 14.0. The van der Waals surface area contributed by atoms with Crippen LogP contribution in [0.4, 0.5) is 13.2 Å². The van der Waals surface area contributed by atoms with Crippen LogP contribution in [-0.4, -0.2) is 30.8 Å². The molecule has 3 rings (SSSR count). The Balaban J connectivity index is 1.93. The molecule has 0 bridgehead atoms. The second-order valence-corrected chi connectivity index (χ2v) is 6.09. The van der Waals surface area contributed by atoms with Gasteiger partial charge in [-0.25, -0.2) is 0 Å². The molecule has 2 nitrogen and oxygen atoms in total. The van der Waals surface area contributed by atoms with Crippen molar-refractivity contribution in [1.29, 1.82) is 0 Å². The van der Waals surface area contributed by atoms with Crippen LogP contribution in [0.2, 0.25) is 0 Å². The van der Waals surface area contributed by atoms with E-state index >= 15 is 0 Å². The molecule has 0 saturated carbocycles. The highest BCUT2D eigenvalue weighted by atomic mass is 19.4. The van der Waals surface area contributed by atoms with Gasteiger partial charge >= 0.3 is 6.18 Å². The van der Waals surface area contributed by atoms with Crippen LogP contribution in [0.5, 0.6) is 0 Å². The summed E-state index contributed by atoms with van der Waals surface area (Å²) in [6.45, 7) is 0.962. The second-order valence-electron chi connectivity index (χ2n) is 6.09. The Morgan fingerprint density at radius 2 is 1.58 bits per heavy atom. The summed E-state index contributed by atoms with van der Waals surface area (Å²) in [6.07, 6.45) is -3.90. The predicted octanol–water partition coefficient (Wildman–Crippen LogP) is 4.37. The highest BCUT2D eigenvalue weighted by Gasteiger charge is 2.58. The summed E-state index contributed by atoms with van der Waals surface area (Å²) in [5, 5.41) is 0. The number of hydrogen-bond acceptors (Lipinski definition) is 2. The molecule has 1 aliphatic heterocycles. The van der Waals surface area contributed by atoms with Gasteiger partial charge in [-0.15, -0.1) is 0 Å². The molecule has 128 valence electrons. The summed E-state index contributed by atoms with van der Waals surface area (Å²) in [7, 11) is 0. The van der Waals surface area contributed by atoms with Gasteiger partial charge in [0.25, 0.3) is 0 Å². The summed E-state index contributed by atoms with van der Waals surface area (Å²) in [4.78, 5) is 1.84. The van der Waals surface area contributed by atoms with Crippen molar-refractivity contribution in [3.05, 3.63) is 71.8 Å². The van der Waals surface area contributed by atoms with Gasteiger partial charge in [0.15, 0.2) is 0 Å². The van der Waals surface area contributed by atoms with Crippen LogP contribution in [-0.2, 0) is 16.9 Å². The third kappa shape index (κ3) is 3.47. The highest BCUT2D eigenvalue weighted by Crippen LogP contribution is 2.44. The first-order chi connectivity index (χ1) is 11.5. The summed E-state index contributed by atoms with van der Waals surface area (Å²) < 4.78 is 47.5. The van der Waals surface area contributed by atoms with Crippen molar-refractivity contribution in [2.24, 2.45) is 0 Å². The summed E-state index contributed by atoms with van der Waals surface area (Å²) >= 11 is 0. The molecule has 0 N–H and O–H groups in total. The first-order valence-electron chi connectivity index (χ1n) is 8.04. The Morgan fingerprint density at radius 3 is 2.21 bits per heavy atom. The fourth-order valence-electron chi connectivity index (χ4n) is 3.17. The van der Waals surface area contributed by atoms with Crippen molar-refractivity contribution in [3.63, 3.8) is 0 Å². The minimum atomic E-state index is -4.48. The van der Waals surface area contributed by atoms with E-state index in [1.807, 2.05) is 35.2 Å². The quantitative estimate of drug-likeness (QED) is 0.826. The standard InChI is InChI=1S/C19H20F3NO/c20-19(21,22)18(17-10-5-2-6-11-17)15-23(12-7-13-24-18)14-16-8-3-1-4-9-16/h1-6,8-11H,7,12-15H2/t18-/m0/s1. The average molecular weight is 335 g/mol. The second kappa shape index (κ2) is 6.95. The molecule has 1 heterocycles. The molecule has 1 fully saturated rings. The fourth-order valence-corrected chi connectivity index (χ4v) is 3.17. The normalized spacial score (nSPS) is 23.0. The molecule has 24 heavy (non-hydrogen) atoms. The number of hydrogen-bond donors (Lipinski definition) is 0. The molecular formula is C19H20F3NO. The summed E-state index contributed by atoms with van der Waals surface area (Å²) in [5.74, 6) is 0. The number of nitrogens with zero attached hydrogens (tertiary/aromatic N) is 1. The predicted molar refractivity (Wildman–Crippen MR) is 86.5 cm³/mol. The summed E-state index contributed by atoms with van der Waals surface area (Å²) in [6, 6.07) is 17.5. The van der Waals surface area contributed by atoms with E-state index in [-0.39, 0.29) is 18.7 Å². The first-order valence-corrected chi connectivity index (χ1v) is 8.04. The van der Waals surface area contributed by atoms with Crippen LogP contribution in [0.15, 0.2) is 60.7 Å². The number of alkyl halides is 3. The van der Waals surface area contributed by atoms with E-state index in [1.54, 1.807) is 18.2 Å². The van der Waals surface area contributed by atoms with Crippen molar-refractivity contribution < 1.29 is 17.9 Å². The third-order valence-electron chi connectivity index (χ3n) is 4.36. The molecule has 0 unspecified atom stereocenters. The van der Waals surface area contributed by atoms with Crippen molar-refractivity contribution in [2.75, 3.05) is 19.7 Å². The highest BCUT2D eigenvalue weighted by molar-refractivity contribution is 5.26. The number of rotatable bonds is 3. The Labute approximate surface area is 139 Å². The van der Waals surface area contributed by atoms with Crippen LogP contribution < -0.4 is 0 Å². The lowest BCUT2D eigenvalue weighted by molar-refractivity contribution is -0.285. The Hall–Kier alpha value is -1.85. The minimum Gasteiger partial charge on any atom is -0.360 e. The zero-order valence-corrected chi connectivity index (χ0v) is 13.3. The molecule has 0 radical (unpaired) electrons. The van der Waals surface area contributed by atoms with Gasteiger partial charge < -0.3 is 4.74 Å². The smallest absolute Gasteiger partial charge is 0.360 e. The van der Waals surface area contributed by atoms with Gasteiger partial charge in [0.1, 0.15) is 0 Å². The zero-order valence-electron chi connectivity index (χ0n) is 13.3. The van der Waals surface area contributed by atoms with Gasteiger partial charge in [-0.1, -0.05) is 60.7 Å². The van der Waals surface area contributed by atoms with Crippen molar-refractivity contribution in [3.8, 4) is 0 Å². The van der Waals surface area contributed by atoms with Crippen molar-refractivity contribution >= 4 is 0 Å². The lowest BCUT2D eigenvalue weighted by Gasteiger charge is -2.37. The molecule has 5 heteroatoms. The average Bonchev–Trinajstić information content (AvgIpc) is 2.80. The number of halogens is 3. The van der Waals surface area contributed by atoms with Crippen LogP contribution in [0, 0.1) is 0 Å². The lowest BCUT2D eigenvalue weighted by atomic mass is 9.92. The molecule has 1 atom stereocenters. The van der Waals surface area contributed by atoms with E-state index in [4.69, 9.17) is 4.74 Å². The molecule has 0 amide bonds. The molecular weight excluding hydrogens is 315 g/mol. The maximum Gasteiger partial charge on any atom is 0.422 e. The minimum absolute atomic E-state index is 0.0969. The van der Waals surface area contributed by atoms with E-state index in [1.165, 1.54) is 12.1 Å². The fraction of sp³-hybridized carbons (Fsp3) is 0.368. The summed E-state index contributed by atoms with van der Waals surface area (Å²) in [5.41, 5.74) is -1.11. The van der Waals surface area contributed by atoms with Gasteiger partial charge in [0.2, 0.25) is 5.60 Å². The molecule has 1 saturated heterocycles. The molecule has 0 spiro atoms. The van der Waals surface area contributed by atoms with Gasteiger partial charge in [0.05, 0.1) is 0 Å². The lowest BCUT2D eigenvalue weighted by Crippen LogP contribution is -2.51. The Kier molecular flexibility index (Phi) is 4.92. The zero-order chi connectivity index (χ0) is 17.0. The number of benzene rings is 2. The Bertz CT molecular complexity index is 645. The Morgan fingerprint density at radius 1 is 0.958 bits per heavy atom. The van der Waals surface area contributed by atoms with Gasteiger partial charge in [-0.2, -0.15) is 13.2 Å². The van der Waals surface area contributed by atoms with Crippen LogP contribution in [0.1, 0.15) is 17.5 Å². The van der Waals surface area contributed by atoms with E-state index in [2.05, 4.69) is 0 Å². The van der Waals surface area contributed by atoms with Gasteiger partial charge in [-0.05, 0) is 17.5 Å². The van der Waals surface area contributed by atoms with E-state index in [9.17, 15) is 13.2 Å². The topological polar surface area (TPSA) is 12.5 Å². The molecule has 0 aromatic heterocycles. The van der Waals surface area contributed by atoms with Gasteiger partial charge in [0, 0.05) is 26.2 Å². The monoisotopic (exact) mass is 335 g/mol. The molecule has 2 aromatic carbocycles. The SMILES string of the molecule is FC(F)(F)[C@@]1(c2ccccc2)CN(Cc2ccccc2)CCCO1. The van der Waals surface area contributed by atoms with Crippen molar-refractivity contribution in [1.82, 2.24) is 4.90 Å². The molecule has 0 aliphatic carbocycles. The van der Waals surface area contributed by atoms with Crippen molar-refractivity contribution in [2.45, 2.75) is 24.7 Å². The number of ether oxygens (including phenoxy) is 1.